The van der Waals surface area contributed by atoms with Crippen molar-refractivity contribution in [1.82, 2.24) is 8.80 Å². The molecule has 0 aliphatic carbocycles. The first kappa shape index (κ1) is 37.0. The molecule has 15 aromatic rings. The minimum absolute atomic E-state index is 0.716. The second-order valence-corrected chi connectivity index (χ2v) is 26.0. The quantitative estimate of drug-likeness (QED) is 0.0954. The Morgan fingerprint density at radius 1 is 0.457 bits per heavy atom. The van der Waals surface area contributed by atoms with Crippen molar-refractivity contribution in [2.75, 3.05) is 0 Å². The molecule has 0 fully saturated rings. The molecule has 4 nitrogen and oxygen atoms in total. The lowest BCUT2D eigenvalue weighted by Crippen LogP contribution is -2.84. The van der Waals surface area contributed by atoms with Crippen LogP contribution in [0.2, 0.25) is 0 Å². The lowest BCUT2D eigenvalue weighted by molar-refractivity contribution is -0.944. The number of benzene rings is 9. The highest BCUT2D eigenvalue weighted by Crippen LogP contribution is 2.53. The van der Waals surface area contributed by atoms with Gasteiger partial charge >= 0.3 is 5.66 Å². The molecule has 1 atom stereocenters. The third-order valence-corrected chi connectivity index (χ3v) is 24.2. The maximum Gasteiger partial charge on any atom is 0.308 e. The third kappa shape index (κ3) is 3.92. The second kappa shape index (κ2) is 12.3. The van der Waals surface area contributed by atoms with E-state index >= 15 is 0 Å². The van der Waals surface area contributed by atoms with Crippen molar-refractivity contribution < 1.29 is 9.13 Å². The van der Waals surface area contributed by atoms with E-state index in [0.717, 1.165) is 0 Å². The number of hydrogen-bond donors (Lipinski definition) is 0. The van der Waals surface area contributed by atoms with Crippen molar-refractivity contribution in [2.24, 2.45) is 0 Å². The van der Waals surface area contributed by atoms with Gasteiger partial charge in [0, 0.05) is 79.6 Å². The van der Waals surface area contributed by atoms with Gasteiger partial charge in [0.2, 0.25) is 0 Å². The van der Waals surface area contributed by atoms with Crippen molar-refractivity contribution in [1.29, 1.82) is 0 Å². The van der Waals surface area contributed by atoms with Crippen LogP contribution < -0.4 is 29.9 Å². The summed E-state index contributed by atoms with van der Waals surface area (Å²) < 4.78 is 16.0. The fourth-order valence-corrected chi connectivity index (χ4v) is 22.0. The van der Waals surface area contributed by atoms with Crippen LogP contribution >= 0.6 is 22.7 Å². The van der Waals surface area contributed by atoms with Gasteiger partial charge in [0.1, 0.15) is 29.6 Å². The summed E-state index contributed by atoms with van der Waals surface area (Å²) >= 11 is 3.81. The lowest BCUT2D eigenvalue weighted by atomic mass is 9.87. The number of imidazole rings is 2. The van der Waals surface area contributed by atoms with E-state index in [1.54, 1.807) is 0 Å². The van der Waals surface area contributed by atoms with Crippen molar-refractivity contribution in [3.05, 3.63) is 217 Å². The fourth-order valence-electron chi connectivity index (χ4n) is 14.5. The van der Waals surface area contributed by atoms with Crippen LogP contribution in [-0.4, -0.2) is 16.9 Å². The van der Waals surface area contributed by atoms with Gasteiger partial charge in [-0.15, -0.1) is 22.7 Å². The number of rotatable bonds is 3. The number of nitrogens with zero attached hydrogens (tertiary/aromatic N) is 4. The minimum Gasteiger partial charge on any atom is -0.195 e. The molecule has 70 heavy (non-hydrogen) atoms. The number of hydrogen-bond acceptors (Lipinski definition) is 2. The summed E-state index contributed by atoms with van der Waals surface area (Å²) in [6.45, 7) is 4.59. The number of pyridine rings is 2. The van der Waals surface area contributed by atoms with Crippen LogP contribution in [0.4, 0.5) is 0 Å². The maximum absolute atomic E-state index is 3.06. The fraction of sp³-hybridized carbons (Fsp3) is 0.0476. The summed E-state index contributed by atoms with van der Waals surface area (Å²) in [6.07, 6.45) is 7.36. The van der Waals surface area contributed by atoms with E-state index in [-0.39, 0.29) is 0 Å². The predicted octanol–water partition coefficient (Wildman–Crippen LogP) is 12.0. The van der Waals surface area contributed by atoms with E-state index < -0.39 is 13.7 Å². The molecule has 7 heteroatoms. The Morgan fingerprint density at radius 2 is 1.00 bits per heavy atom. The van der Waals surface area contributed by atoms with Crippen molar-refractivity contribution in [3.8, 4) is 11.3 Å². The molecule has 0 saturated heterocycles. The van der Waals surface area contributed by atoms with Crippen LogP contribution in [0.25, 0.3) is 106 Å². The summed E-state index contributed by atoms with van der Waals surface area (Å²) in [6, 6.07) is 68.2. The van der Waals surface area contributed by atoms with Crippen LogP contribution in [0.1, 0.15) is 22.3 Å². The first-order valence-corrected chi connectivity index (χ1v) is 28.0. The number of fused-ring (bicyclic) bond motifs is 12. The molecule has 1 unspecified atom stereocenters. The third-order valence-electron chi connectivity index (χ3n) is 17.0. The highest BCUT2D eigenvalue weighted by atomic mass is 32.1. The van der Waals surface area contributed by atoms with Crippen LogP contribution in [0.15, 0.2) is 195 Å². The van der Waals surface area contributed by atoms with Crippen LogP contribution in [-0.2, 0) is 5.66 Å². The van der Waals surface area contributed by atoms with Gasteiger partial charge in [0.05, 0.1) is 21.9 Å². The van der Waals surface area contributed by atoms with Crippen molar-refractivity contribution in [3.63, 3.8) is 0 Å². The molecular weight excluding hydrogens is 905 g/mol. The summed E-state index contributed by atoms with van der Waals surface area (Å²) in [4.78, 5) is 0. The van der Waals surface area contributed by atoms with Gasteiger partial charge in [0.25, 0.3) is 11.3 Å². The maximum atomic E-state index is 2.76. The Balaban J connectivity index is 1.12. The van der Waals surface area contributed by atoms with Crippen molar-refractivity contribution in [2.45, 2.75) is 19.5 Å². The second-order valence-electron chi connectivity index (χ2n) is 20.1. The zero-order valence-corrected chi connectivity index (χ0v) is 40.7. The Hall–Kier alpha value is -7.94. The molecule has 3 aliphatic rings. The predicted molar refractivity (Wildman–Crippen MR) is 295 cm³/mol. The van der Waals surface area contributed by atoms with E-state index in [1.165, 1.54) is 149 Å². The van der Waals surface area contributed by atoms with Crippen LogP contribution in [0.3, 0.4) is 0 Å². The number of aromatic nitrogens is 4. The Labute approximate surface area is 409 Å². The molecule has 0 bridgehead atoms. The number of aryl methyl sites for hydroxylation is 2. The highest BCUT2D eigenvalue weighted by molar-refractivity contribution is 7.26. The molecule has 0 N–H and O–H groups in total. The first-order chi connectivity index (χ1) is 34.5. The van der Waals surface area contributed by atoms with Gasteiger partial charge < -0.3 is 0 Å². The molecule has 0 saturated carbocycles. The molecule has 0 amide bonds. The summed E-state index contributed by atoms with van der Waals surface area (Å²) in [7, 11) is -3.06. The van der Waals surface area contributed by atoms with E-state index in [2.05, 4.69) is 226 Å². The Bertz CT molecular complexity index is 4920. The molecule has 9 heterocycles. The van der Waals surface area contributed by atoms with E-state index in [1.807, 2.05) is 22.7 Å². The summed E-state index contributed by atoms with van der Waals surface area (Å²) in [5, 5.41) is 19.1. The van der Waals surface area contributed by atoms with Gasteiger partial charge in [0.15, 0.2) is 13.8 Å². The lowest BCUT2D eigenvalue weighted by Gasteiger charge is -2.43. The Morgan fingerprint density at radius 3 is 1.61 bits per heavy atom. The van der Waals surface area contributed by atoms with E-state index in [0.29, 0.717) is 0 Å². The molecule has 3 aliphatic heterocycles. The smallest absolute Gasteiger partial charge is 0.195 e. The van der Waals surface area contributed by atoms with Gasteiger partial charge in [-0.2, -0.15) is 17.9 Å². The van der Waals surface area contributed by atoms with Crippen LogP contribution in [0.5, 0.6) is 0 Å². The summed E-state index contributed by atoms with van der Waals surface area (Å²) in [5.41, 5.74) is 12.3. The van der Waals surface area contributed by atoms with Gasteiger partial charge in [-0.25, -0.2) is 0 Å². The monoisotopic (exact) mass is 942 g/mol. The van der Waals surface area contributed by atoms with Gasteiger partial charge in [-0.05, 0) is 70.0 Å². The molecule has 1 spiro atoms. The zero-order chi connectivity index (χ0) is 45.5. The largest absolute Gasteiger partial charge is 0.308 e. The molecule has 9 aromatic carbocycles. The normalized spacial score (nSPS) is 16.3. The highest BCUT2D eigenvalue weighted by Gasteiger charge is 2.69. The average molecular weight is 943 g/mol. The van der Waals surface area contributed by atoms with E-state index in [4.69, 9.17) is 0 Å². The first-order valence-electron chi connectivity index (χ1n) is 24.3. The molecular formula is C63H38N4S2Si+2. The Kier molecular flexibility index (Phi) is 6.48. The average Bonchev–Trinajstić information content (AvgIpc) is 4.25. The van der Waals surface area contributed by atoms with Gasteiger partial charge in [-0.3, -0.25) is 0 Å². The zero-order valence-electron chi connectivity index (χ0n) is 38.1. The molecule has 324 valence electrons. The standard InChI is InChI=1S/C63H38N4S2Si/c1-35-14-13-15-36(2)56(35)49-34-66-62-58-42(44-31-46-40-21-10-12-23-51(40)69-53(46)33-48(44)67(49)62)25-27-55-60(58)63(66)59-54(70(55,37-16-5-3-6-17-37)38-18-7-4-8-19-38)26-24-41-43-30-45-39-20-9-11-22-50(39)68-52(45)32-47(43)64-28-29-65(63)61(64)57(41)59/h3-34H,1-2H3/q+2. The molecule has 18 rings (SSSR count). The minimum atomic E-state index is -3.06. The topological polar surface area (TPSA) is 16.6 Å². The van der Waals surface area contributed by atoms with E-state index in [9.17, 15) is 0 Å². The van der Waals surface area contributed by atoms with Crippen molar-refractivity contribution >= 4 is 146 Å². The SMILES string of the molecule is Cc1cccc(C)c1-c1c[n+]2c3c4c5c(ccc4c4cc6c(cc4n13)sc1ccccc16)[Si](c1ccccc1)(c1ccccc1)c1ccc3c4cc6c(cc4n4cc[n+]7c4c3c1C572)sc1ccccc16. The molecule has 6 aromatic heterocycles. The van der Waals surface area contributed by atoms with Crippen LogP contribution in [0, 0.1) is 13.8 Å². The van der Waals surface area contributed by atoms with Gasteiger partial charge in [-0.1, -0.05) is 140 Å². The summed E-state index contributed by atoms with van der Waals surface area (Å²) in [5.74, 6) is 0. The number of thiophene rings is 2. The molecule has 0 radical (unpaired) electrons.